The van der Waals surface area contributed by atoms with Gasteiger partial charge in [-0.15, -0.1) is 0 Å². The second kappa shape index (κ2) is 8.47. The van der Waals surface area contributed by atoms with Crippen molar-refractivity contribution in [2.75, 3.05) is 5.32 Å². The van der Waals surface area contributed by atoms with Crippen LogP contribution in [-0.4, -0.2) is 10.5 Å². The van der Waals surface area contributed by atoms with Crippen molar-refractivity contribution in [1.82, 2.24) is 4.57 Å². The minimum Gasteiger partial charge on any atom is -0.321 e. The van der Waals surface area contributed by atoms with Crippen molar-refractivity contribution in [3.05, 3.63) is 86.6 Å². The summed E-state index contributed by atoms with van der Waals surface area (Å²) in [6, 6.07) is 18.6. The van der Waals surface area contributed by atoms with Crippen molar-refractivity contribution in [2.24, 2.45) is 0 Å². The van der Waals surface area contributed by atoms with Gasteiger partial charge in [0, 0.05) is 26.6 Å². The first-order valence-corrected chi connectivity index (χ1v) is 9.70. The molecule has 0 unspecified atom stereocenters. The van der Waals surface area contributed by atoms with E-state index in [2.05, 4.69) is 25.8 Å². The van der Waals surface area contributed by atoms with Gasteiger partial charge in [-0.05, 0) is 83.9 Å². The molecule has 3 rings (SSSR count). The summed E-state index contributed by atoms with van der Waals surface area (Å²) in [6.07, 6.45) is 1.61. The number of halogens is 2. The smallest absolute Gasteiger partial charge is 0.266 e. The first-order chi connectivity index (χ1) is 13.4. The largest absolute Gasteiger partial charge is 0.321 e. The van der Waals surface area contributed by atoms with Gasteiger partial charge in [-0.3, -0.25) is 4.79 Å². The zero-order valence-corrected chi connectivity index (χ0v) is 17.7. The second-order valence-electron chi connectivity index (χ2n) is 6.24. The van der Waals surface area contributed by atoms with Gasteiger partial charge in [-0.25, -0.2) is 0 Å². The van der Waals surface area contributed by atoms with Gasteiger partial charge in [-0.1, -0.05) is 23.7 Å². The molecule has 0 aliphatic heterocycles. The Morgan fingerprint density at radius 3 is 2.50 bits per heavy atom. The number of carbonyl (C=O) groups excluding carboxylic acids is 1. The van der Waals surface area contributed by atoms with Crippen molar-refractivity contribution in [3.8, 4) is 11.8 Å². The monoisotopic (exact) mass is 453 g/mol. The third-order valence-corrected chi connectivity index (χ3v) is 5.25. The van der Waals surface area contributed by atoms with Crippen LogP contribution in [0.5, 0.6) is 0 Å². The van der Waals surface area contributed by atoms with Crippen LogP contribution in [0.2, 0.25) is 5.02 Å². The van der Waals surface area contributed by atoms with Crippen molar-refractivity contribution in [1.29, 1.82) is 5.26 Å². The maximum atomic E-state index is 12.5. The molecule has 3 aromatic rings. The molecular formula is C22H17BrClN3O. The lowest BCUT2D eigenvalue weighted by Gasteiger charge is -2.11. The lowest BCUT2D eigenvalue weighted by Crippen LogP contribution is -2.13. The third kappa shape index (κ3) is 4.19. The van der Waals surface area contributed by atoms with E-state index >= 15 is 0 Å². The number of nitrogens with one attached hydrogen (secondary N) is 1. The highest BCUT2D eigenvalue weighted by Gasteiger charge is 2.15. The molecule has 140 valence electrons. The number of carbonyl (C=O) groups is 1. The number of aromatic nitrogens is 1. The number of hydrogen-bond donors (Lipinski definition) is 1. The predicted octanol–water partition coefficient (Wildman–Crippen LogP) is 6.06. The minimum atomic E-state index is -0.462. The van der Waals surface area contributed by atoms with Gasteiger partial charge in [0.05, 0.1) is 5.69 Å². The maximum absolute atomic E-state index is 12.5. The normalized spacial score (nSPS) is 11.2. The van der Waals surface area contributed by atoms with E-state index in [-0.39, 0.29) is 5.57 Å². The quantitative estimate of drug-likeness (QED) is 0.385. The van der Waals surface area contributed by atoms with E-state index in [0.29, 0.717) is 10.7 Å². The van der Waals surface area contributed by atoms with Gasteiger partial charge in [0.1, 0.15) is 11.6 Å². The molecule has 0 saturated carbocycles. The Hall–Kier alpha value is -2.81. The molecule has 0 saturated heterocycles. The summed E-state index contributed by atoms with van der Waals surface area (Å²) in [7, 11) is 0. The number of rotatable bonds is 4. The van der Waals surface area contributed by atoms with Gasteiger partial charge < -0.3 is 9.88 Å². The Morgan fingerprint density at radius 1 is 1.18 bits per heavy atom. The lowest BCUT2D eigenvalue weighted by atomic mass is 10.1. The average molecular weight is 455 g/mol. The van der Waals surface area contributed by atoms with Crippen LogP contribution in [0.3, 0.4) is 0 Å². The highest BCUT2D eigenvalue weighted by atomic mass is 79.9. The van der Waals surface area contributed by atoms with Gasteiger partial charge in [0.15, 0.2) is 0 Å². The number of aryl methyl sites for hydroxylation is 1. The van der Waals surface area contributed by atoms with Gasteiger partial charge in [-0.2, -0.15) is 5.26 Å². The minimum absolute atomic E-state index is 0.0299. The highest BCUT2D eigenvalue weighted by Crippen LogP contribution is 2.27. The molecule has 1 aromatic heterocycles. The van der Waals surface area contributed by atoms with Gasteiger partial charge in [0.2, 0.25) is 0 Å². The SMILES string of the molecule is Cc1cc(/C=C(/C#N)C(=O)Nc2ccc(Cl)cc2)c(C)n1-c1ccccc1Br. The molecule has 0 radical (unpaired) electrons. The number of nitriles is 1. The van der Waals surface area contributed by atoms with E-state index in [4.69, 9.17) is 11.6 Å². The van der Waals surface area contributed by atoms with Crippen LogP contribution in [0.4, 0.5) is 5.69 Å². The topological polar surface area (TPSA) is 57.8 Å². The van der Waals surface area contributed by atoms with E-state index in [1.165, 1.54) is 0 Å². The van der Waals surface area contributed by atoms with Crippen LogP contribution in [-0.2, 0) is 4.79 Å². The molecule has 28 heavy (non-hydrogen) atoms. The predicted molar refractivity (Wildman–Crippen MR) is 117 cm³/mol. The molecule has 6 heteroatoms. The third-order valence-electron chi connectivity index (χ3n) is 4.33. The molecule has 0 fully saturated rings. The summed E-state index contributed by atoms with van der Waals surface area (Å²) in [5, 5.41) is 12.8. The second-order valence-corrected chi connectivity index (χ2v) is 7.53. The summed E-state index contributed by atoms with van der Waals surface area (Å²) >= 11 is 9.44. The number of hydrogen-bond acceptors (Lipinski definition) is 2. The molecule has 1 N–H and O–H groups in total. The fourth-order valence-corrected chi connectivity index (χ4v) is 3.56. The Labute approximate surface area is 177 Å². The average Bonchev–Trinajstić information content (AvgIpc) is 2.95. The Morgan fingerprint density at radius 2 is 1.86 bits per heavy atom. The molecule has 2 aromatic carbocycles. The first-order valence-electron chi connectivity index (χ1n) is 8.53. The number of nitrogens with zero attached hydrogens (tertiary/aromatic N) is 2. The van der Waals surface area contributed by atoms with E-state index in [9.17, 15) is 10.1 Å². The fourth-order valence-electron chi connectivity index (χ4n) is 2.97. The molecule has 1 amide bonds. The molecule has 0 aliphatic rings. The van der Waals surface area contributed by atoms with Crippen LogP contribution in [0.15, 0.2) is 64.6 Å². The Balaban J connectivity index is 1.94. The number of amides is 1. The zero-order chi connectivity index (χ0) is 20.3. The summed E-state index contributed by atoms with van der Waals surface area (Å²) in [4.78, 5) is 12.5. The van der Waals surface area contributed by atoms with E-state index in [0.717, 1.165) is 27.1 Å². The van der Waals surface area contributed by atoms with E-state index in [1.807, 2.05) is 50.2 Å². The maximum Gasteiger partial charge on any atom is 0.266 e. The molecule has 4 nitrogen and oxygen atoms in total. The van der Waals surface area contributed by atoms with E-state index < -0.39 is 5.91 Å². The molecule has 0 aliphatic carbocycles. The van der Waals surface area contributed by atoms with Crippen molar-refractivity contribution in [2.45, 2.75) is 13.8 Å². The fraction of sp³-hybridized carbons (Fsp3) is 0.0909. The molecule has 1 heterocycles. The molecule has 0 atom stereocenters. The number of benzene rings is 2. The summed E-state index contributed by atoms with van der Waals surface area (Å²) < 4.78 is 3.05. The lowest BCUT2D eigenvalue weighted by molar-refractivity contribution is -0.112. The number of para-hydroxylation sites is 1. The zero-order valence-electron chi connectivity index (χ0n) is 15.3. The molecular weight excluding hydrogens is 438 g/mol. The number of anilines is 1. The van der Waals surface area contributed by atoms with Gasteiger partial charge in [0.25, 0.3) is 5.91 Å². The summed E-state index contributed by atoms with van der Waals surface area (Å²) in [5.41, 5.74) is 4.37. The summed E-state index contributed by atoms with van der Waals surface area (Å²) in [5.74, 6) is -0.462. The van der Waals surface area contributed by atoms with Crippen LogP contribution >= 0.6 is 27.5 Å². The highest BCUT2D eigenvalue weighted by molar-refractivity contribution is 9.10. The van der Waals surface area contributed by atoms with Crippen molar-refractivity contribution >= 4 is 45.2 Å². The van der Waals surface area contributed by atoms with Crippen LogP contribution < -0.4 is 5.32 Å². The van der Waals surface area contributed by atoms with E-state index in [1.54, 1.807) is 30.3 Å². The standard InChI is InChI=1S/C22H17BrClN3O/c1-14-11-16(15(2)27(14)21-6-4-3-5-20(21)23)12-17(13-25)22(28)26-19-9-7-18(24)8-10-19/h3-12H,1-2H3,(H,26,28)/b17-12-. The van der Waals surface area contributed by atoms with Crippen LogP contribution in [0, 0.1) is 25.2 Å². The van der Waals surface area contributed by atoms with Crippen molar-refractivity contribution in [3.63, 3.8) is 0 Å². The molecule has 0 bridgehead atoms. The van der Waals surface area contributed by atoms with Crippen LogP contribution in [0.1, 0.15) is 17.0 Å². The molecule has 0 spiro atoms. The van der Waals surface area contributed by atoms with Crippen LogP contribution in [0.25, 0.3) is 11.8 Å². The Kier molecular flexibility index (Phi) is 6.03. The van der Waals surface area contributed by atoms with Gasteiger partial charge >= 0.3 is 0 Å². The first kappa shape index (κ1) is 19.9. The summed E-state index contributed by atoms with van der Waals surface area (Å²) in [6.45, 7) is 3.95. The Bertz CT molecular complexity index is 1110. The van der Waals surface area contributed by atoms with Crippen molar-refractivity contribution < 1.29 is 4.79 Å².